The van der Waals surface area contributed by atoms with Crippen molar-refractivity contribution in [3.63, 3.8) is 0 Å². The molecule has 2 heterocycles. The van der Waals surface area contributed by atoms with E-state index in [0.717, 1.165) is 17.7 Å². The van der Waals surface area contributed by atoms with Crippen molar-refractivity contribution >= 4 is 11.7 Å². The van der Waals surface area contributed by atoms with Crippen LogP contribution in [0.1, 0.15) is 39.9 Å². The molecule has 0 unspecified atom stereocenters. The highest BCUT2D eigenvalue weighted by Gasteiger charge is 2.38. The maximum absolute atomic E-state index is 11.2. The number of rotatable bonds is 2. The fraction of sp³-hybridized carbons (Fsp3) is 0.222. The molecule has 1 aliphatic heterocycles. The number of fused-ring (bicyclic) bond motifs is 3. The summed E-state index contributed by atoms with van der Waals surface area (Å²) in [5, 5.41) is 12.8. The van der Waals surface area contributed by atoms with Crippen LogP contribution in [0.5, 0.6) is 0 Å². The lowest BCUT2D eigenvalue weighted by Gasteiger charge is -2.37. The van der Waals surface area contributed by atoms with Gasteiger partial charge in [-0.15, -0.1) is 0 Å². The maximum Gasteiger partial charge on any atom is 0.335 e. The van der Waals surface area contributed by atoms with Crippen LogP contribution in [0.4, 0.5) is 5.69 Å². The molecule has 2 N–H and O–H groups in total. The third kappa shape index (κ3) is 1.99. The lowest BCUT2D eigenvalue weighted by atomic mass is 9.77. The number of nitrogens with one attached hydrogen (secondary N) is 1. The van der Waals surface area contributed by atoms with Crippen molar-refractivity contribution in [1.82, 2.24) is 4.98 Å². The van der Waals surface area contributed by atoms with Gasteiger partial charge in [0.2, 0.25) is 0 Å². The quantitative estimate of drug-likeness (QED) is 0.830. The van der Waals surface area contributed by atoms with Gasteiger partial charge in [-0.1, -0.05) is 18.2 Å². The monoisotopic (exact) mass is 292 g/mol. The van der Waals surface area contributed by atoms with E-state index in [9.17, 15) is 9.90 Å². The predicted molar refractivity (Wildman–Crippen MR) is 84.0 cm³/mol. The molecule has 0 fully saturated rings. The molecule has 1 aromatic carbocycles. The Bertz CT molecular complexity index is 755. The van der Waals surface area contributed by atoms with Gasteiger partial charge in [-0.25, -0.2) is 4.79 Å². The normalized spacial score (nSPS) is 25.2. The highest BCUT2D eigenvalue weighted by atomic mass is 16.4. The van der Waals surface area contributed by atoms with E-state index in [-0.39, 0.29) is 12.0 Å². The van der Waals surface area contributed by atoms with Crippen molar-refractivity contribution in [2.75, 3.05) is 5.32 Å². The third-order valence-corrected chi connectivity index (χ3v) is 4.65. The molecule has 22 heavy (non-hydrogen) atoms. The molecule has 0 bridgehead atoms. The number of benzene rings is 1. The molecule has 0 amide bonds. The molecular formula is C18H16N2O2. The number of aromatic carboxylic acids is 1. The first kappa shape index (κ1) is 13.1. The van der Waals surface area contributed by atoms with Crippen LogP contribution in [-0.2, 0) is 0 Å². The van der Waals surface area contributed by atoms with Gasteiger partial charge in [-0.05, 0) is 47.7 Å². The first-order valence-electron chi connectivity index (χ1n) is 7.44. The minimum Gasteiger partial charge on any atom is -0.478 e. The van der Waals surface area contributed by atoms with Gasteiger partial charge in [-0.3, -0.25) is 4.98 Å². The predicted octanol–water partition coefficient (Wildman–Crippen LogP) is 3.61. The summed E-state index contributed by atoms with van der Waals surface area (Å²) in [5.41, 5.74) is 3.62. The summed E-state index contributed by atoms with van der Waals surface area (Å²) < 4.78 is 0. The lowest BCUT2D eigenvalue weighted by Crippen LogP contribution is -2.29. The molecule has 4 rings (SSSR count). The average Bonchev–Trinajstić information content (AvgIpc) is 3.04. The summed E-state index contributed by atoms with van der Waals surface area (Å²) in [5.74, 6) is -0.211. The number of carboxylic acid groups (broad SMARTS) is 1. The van der Waals surface area contributed by atoms with Crippen LogP contribution in [0.3, 0.4) is 0 Å². The van der Waals surface area contributed by atoms with Crippen LogP contribution in [0, 0.1) is 5.92 Å². The first-order valence-corrected chi connectivity index (χ1v) is 7.44. The molecular weight excluding hydrogens is 276 g/mol. The molecule has 110 valence electrons. The second-order valence-corrected chi connectivity index (χ2v) is 5.87. The Morgan fingerprint density at radius 1 is 1.32 bits per heavy atom. The van der Waals surface area contributed by atoms with Gasteiger partial charge < -0.3 is 10.4 Å². The summed E-state index contributed by atoms with van der Waals surface area (Å²) in [6.07, 6.45) is 9.09. The Labute approximate surface area is 128 Å². The van der Waals surface area contributed by atoms with Crippen molar-refractivity contribution < 1.29 is 9.90 Å². The summed E-state index contributed by atoms with van der Waals surface area (Å²) in [7, 11) is 0. The minimum atomic E-state index is -0.879. The second-order valence-electron chi connectivity index (χ2n) is 5.87. The molecule has 2 aliphatic rings. The van der Waals surface area contributed by atoms with Crippen LogP contribution in [0.15, 0.2) is 54.9 Å². The van der Waals surface area contributed by atoms with Gasteiger partial charge in [0.1, 0.15) is 0 Å². The van der Waals surface area contributed by atoms with E-state index in [4.69, 9.17) is 0 Å². The largest absolute Gasteiger partial charge is 0.478 e. The van der Waals surface area contributed by atoms with Crippen LogP contribution in [-0.4, -0.2) is 16.1 Å². The van der Waals surface area contributed by atoms with Crippen LogP contribution < -0.4 is 5.32 Å². The van der Waals surface area contributed by atoms with Gasteiger partial charge in [0.25, 0.3) is 0 Å². The molecule has 1 aliphatic carbocycles. The molecule has 2 aromatic rings. The van der Waals surface area contributed by atoms with Crippen molar-refractivity contribution in [3.05, 3.63) is 71.6 Å². The standard InChI is InChI=1S/C18H16N2O2/c21-18(22)11-6-7-16-15(9-11)13-4-1-5-14(13)17(20-16)12-3-2-8-19-10-12/h1-4,6-10,13-14,17,20H,5H2,(H,21,22)/t13-,14-,17-/m1/s1. The third-order valence-electron chi connectivity index (χ3n) is 4.65. The molecule has 0 saturated heterocycles. The smallest absolute Gasteiger partial charge is 0.335 e. The zero-order valence-electron chi connectivity index (χ0n) is 11.9. The maximum atomic E-state index is 11.2. The number of allylic oxidation sites excluding steroid dienone is 2. The molecule has 3 atom stereocenters. The Hall–Kier alpha value is -2.62. The summed E-state index contributed by atoms with van der Waals surface area (Å²) in [4.78, 5) is 15.4. The van der Waals surface area contributed by atoms with E-state index in [1.165, 1.54) is 5.56 Å². The second kappa shape index (κ2) is 4.98. The number of carboxylic acids is 1. The summed E-state index contributed by atoms with van der Waals surface area (Å²) >= 11 is 0. The fourth-order valence-electron chi connectivity index (χ4n) is 3.62. The highest BCUT2D eigenvalue weighted by molar-refractivity contribution is 5.89. The van der Waals surface area contributed by atoms with Crippen LogP contribution >= 0.6 is 0 Å². The molecule has 4 heteroatoms. The van der Waals surface area contributed by atoms with Crippen molar-refractivity contribution in [2.45, 2.75) is 18.4 Å². The zero-order chi connectivity index (χ0) is 15.1. The minimum absolute atomic E-state index is 0.205. The van der Waals surface area contributed by atoms with Crippen LogP contribution in [0.2, 0.25) is 0 Å². The van der Waals surface area contributed by atoms with E-state index in [1.54, 1.807) is 18.3 Å². The molecule has 0 saturated carbocycles. The Morgan fingerprint density at radius 3 is 3.00 bits per heavy atom. The number of carbonyl (C=O) groups is 1. The van der Waals surface area contributed by atoms with Crippen molar-refractivity contribution in [1.29, 1.82) is 0 Å². The molecule has 0 radical (unpaired) electrons. The Kier molecular flexibility index (Phi) is 2.96. The molecule has 0 spiro atoms. The first-order chi connectivity index (χ1) is 10.7. The Balaban J connectivity index is 1.79. The van der Waals surface area contributed by atoms with E-state index in [2.05, 4.69) is 28.5 Å². The van der Waals surface area contributed by atoms with E-state index in [0.29, 0.717) is 11.5 Å². The molecule has 1 aromatic heterocycles. The van der Waals surface area contributed by atoms with Gasteiger partial charge in [0.05, 0.1) is 11.6 Å². The Morgan fingerprint density at radius 2 is 2.23 bits per heavy atom. The number of nitrogens with zero attached hydrogens (tertiary/aromatic N) is 1. The summed E-state index contributed by atoms with van der Waals surface area (Å²) in [6.45, 7) is 0. The van der Waals surface area contributed by atoms with Crippen molar-refractivity contribution in [3.8, 4) is 0 Å². The van der Waals surface area contributed by atoms with E-state index in [1.807, 2.05) is 18.3 Å². The fourth-order valence-corrected chi connectivity index (χ4v) is 3.62. The van der Waals surface area contributed by atoms with E-state index < -0.39 is 5.97 Å². The van der Waals surface area contributed by atoms with Gasteiger partial charge >= 0.3 is 5.97 Å². The number of aromatic nitrogens is 1. The van der Waals surface area contributed by atoms with Crippen molar-refractivity contribution in [2.24, 2.45) is 5.92 Å². The summed E-state index contributed by atoms with van der Waals surface area (Å²) in [6, 6.07) is 9.60. The molecule has 4 nitrogen and oxygen atoms in total. The topological polar surface area (TPSA) is 62.2 Å². The van der Waals surface area contributed by atoms with Gasteiger partial charge in [0.15, 0.2) is 0 Å². The number of pyridine rings is 1. The zero-order valence-corrected chi connectivity index (χ0v) is 11.9. The number of hydrogen-bond donors (Lipinski definition) is 2. The number of anilines is 1. The SMILES string of the molecule is O=C(O)c1ccc2c(c1)[C@@H]1C=CC[C@H]1[C@@H](c1cccnc1)N2. The highest BCUT2D eigenvalue weighted by Crippen LogP contribution is 2.49. The average molecular weight is 292 g/mol. The van der Waals surface area contributed by atoms with Gasteiger partial charge in [0, 0.05) is 24.0 Å². The van der Waals surface area contributed by atoms with Gasteiger partial charge in [-0.2, -0.15) is 0 Å². The van der Waals surface area contributed by atoms with Crippen LogP contribution in [0.25, 0.3) is 0 Å². The number of hydrogen-bond acceptors (Lipinski definition) is 3. The van der Waals surface area contributed by atoms with E-state index >= 15 is 0 Å². The lowest BCUT2D eigenvalue weighted by molar-refractivity contribution is 0.0696.